The molecule has 0 saturated heterocycles. The van der Waals surface area contributed by atoms with E-state index in [0.717, 1.165) is 73.1 Å². The van der Waals surface area contributed by atoms with Crippen molar-refractivity contribution >= 4 is 28.8 Å². The molecule has 0 bridgehead atoms. The molecule has 1 unspecified atom stereocenters. The van der Waals surface area contributed by atoms with Crippen LogP contribution in [0.15, 0.2) is 247 Å². The Morgan fingerprint density at radius 1 is 0.391 bits per heavy atom. The van der Waals surface area contributed by atoms with E-state index in [0.29, 0.717) is 5.82 Å². The topological polar surface area (TPSA) is 54.8 Å². The predicted octanol–water partition coefficient (Wildman–Crippen LogP) is 15.9. The van der Waals surface area contributed by atoms with Crippen molar-refractivity contribution in [2.45, 2.75) is 15.2 Å². The van der Waals surface area contributed by atoms with Crippen molar-refractivity contribution in [3.05, 3.63) is 259 Å². The van der Waals surface area contributed by atoms with E-state index in [-0.39, 0.29) is 0 Å². The lowest BCUT2D eigenvalue weighted by atomic mass is 9.70. The number of rotatable bonds is 6. The lowest BCUT2D eigenvalue weighted by Crippen LogP contribution is -2.26. The molecule has 0 N–H and O–H groups in total. The second-order valence-corrected chi connectivity index (χ2v) is 18.8. The summed E-state index contributed by atoms with van der Waals surface area (Å²) in [5.74, 6) is 0.669. The summed E-state index contributed by atoms with van der Waals surface area (Å²) >= 11 is 1.87. The third-order valence-electron chi connectivity index (χ3n) is 14.0. The van der Waals surface area contributed by atoms with Crippen molar-refractivity contribution in [1.29, 1.82) is 0 Å². The smallest absolute Gasteiger partial charge is 0.160 e. The van der Waals surface area contributed by atoms with E-state index in [9.17, 15) is 0 Å². The van der Waals surface area contributed by atoms with Crippen LogP contribution < -0.4 is 4.90 Å². The van der Waals surface area contributed by atoms with Gasteiger partial charge in [-0.05, 0) is 93.5 Å². The van der Waals surface area contributed by atoms with Gasteiger partial charge in [0.1, 0.15) is 0 Å². The normalized spacial score (nSPS) is 14.6. The summed E-state index contributed by atoms with van der Waals surface area (Å²) in [4.78, 5) is 25.7. The van der Waals surface area contributed by atoms with Crippen LogP contribution in [0.3, 0.4) is 0 Å². The Labute approximate surface area is 404 Å². The van der Waals surface area contributed by atoms with Crippen molar-refractivity contribution < 1.29 is 0 Å². The maximum absolute atomic E-state index is 5.35. The fraction of sp³-hybridized carbons (Fsp3) is 0.0159. The van der Waals surface area contributed by atoms with Crippen LogP contribution in [0.5, 0.6) is 0 Å². The van der Waals surface area contributed by atoms with Gasteiger partial charge in [-0.15, -0.1) is 0 Å². The Bertz CT molecular complexity index is 3780. The fourth-order valence-electron chi connectivity index (χ4n) is 11.0. The molecule has 1 aliphatic heterocycles. The fourth-order valence-corrected chi connectivity index (χ4v) is 12.2. The highest BCUT2D eigenvalue weighted by atomic mass is 32.2. The van der Waals surface area contributed by atoms with Crippen LogP contribution in [0, 0.1) is 0 Å². The zero-order chi connectivity index (χ0) is 45.5. The molecule has 3 aliphatic rings. The molecule has 322 valence electrons. The molecule has 8 aromatic carbocycles. The number of hydrogen-bond donors (Lipinski definition) is 0. The SMILES string of the molecule is c1ccc(-c2cccc(N3c4ccccc4Sc4c3ccc3c4-c4ccccc4C34c3cccnc3-c3ncc(-c5cccc(-c6nc(-c7ccccc7)cc(-c7ccccc7)n6)c5)cc34)c2)cc1. The lowest BCUT2D eigenvalue weighted by Gasteiger charge is -2.35. The minimum absolute atomic E-state index is 0.659. The summed E-state index contributed by atoms with van der Waals surface area (Å²) in [6, 6.07) is 80.2. The van der Waals surface area contributed by atoms with Crippen LogP contribution in [-0.2, 0) is 5.41 Å². The van der Waals surface area contributed by atoms with Gasteiger partial charge < -0.3 is 4.90 Å². The molecule has 3 aromatic heterocycles. The predicted molar refractivity (Wildman–Crippen MR) is 280 cm³/mol. The van der Waals surface area contributed by atoms with Gasteiger partial charge in [0.2, 0.25) is 0 Å². The third kappa shape index (κ3) is 6.12. The summed E-state index contributed by atoms with van der Waals surface area (Å²) < 4.78 is 0. The standard InChI is InChI=1S/C63H39N5S/c1-4-17-40(18-5-1)44-24-15-26-47(36-44)68-55-30-12-13-31-57(55)69-61-56(68)33-32-50-58(61)48-27-10-11-28-49(48)63(50)51-29-16-34-64-59(51)60-52(63)37-46(39-65-60)43-23-14-25-45(35-43)62-66-53(41-19-6-2-7-20-41)38-54(67-62)42-21-8-3-9-22-42/h1-39H. The Morgan fingerprint density at radius 3 is 1.80 bits per heavy atom. The molecule has 0 saturated carbocycles. The second-order valence-electron chi connectivity index (χ2n) is 17.7. The number of aromatic nitrogens is 4. The number of anilines is 3. The minimum atomic E-state index is -0.659. The van der Waals surface area contributed by atoms with Crippen LogP contribution >= 0.6 is 11.8 Å². The van der Waals surface area contributed by atoms with Gasteiger partial charge in [0, 0.05) is 61.3 Å². The molecule has 0 amide bonds. The molecule has 0 radical (unpaired) electrons. The van der Waals surface area contributed by atoms with Crippen molar-refractivity contribution in [3.8, 4) is 78.7 Å². The summed E-state index contributed by atoms with van der Waals surface area (Å²) in [5, 5.41) is 0. The Balaban J connectivity index is 0.945. The maximum atomic E-state index is 5.35. The van der Waals surface area contributed by atoms with Gasteiger partial charge in [-0.3, -0.25) is 9.97 Å². The van der Waals surface area contributed by atoms with Crippen molar-refractivity contribution in [2.75, 3.05) is 4.90 Å². The number of fused-ring (bicyclic) bond motifs is 13. The zero-order valence-corrected chi connectivity index (χ0v) is 38.0. The molecule has 4 heterocycles. The van der Waals surface area contributed by atoms with Gasteiger partial charge >= 0.3 is 0 Å². The molecule has 6 heteroatoms. The highest BCUT2D eigenvalue weighted by Crippen LogP contribution is 2.66. The molecule has 5 nitrogen and oxygen atoms in total. The van der Waals surface area contributed by atoms with E-state index in [1.807, 2.05) is 36.3 Å². The van der Waals surface area contributed by atoms with Crippen molar-refractivity contribution in [2.24, 2.45) is 0 Å². The first-order valence-electron chi connectivity index (χ1n) is 23.3. The average molecular weight is 898 g/mol. The quantitative estimate of drug-likeness (QED) is 0.166. The lowest BCUT2D eigenvalue weighted by molar-refractivity contribution is 0.788. The van der Waals surface area contributed by atoms with Gasteiger partial charge in [0.05, 0.1) is 39.6 Å². The first-order valence-corrected chi connectivity index (χ1v) is 24.1. The van der Waals surface area contributed by atoms with E-state index in [2.05, 4.69) is 217 Å². The summed E-state index contributed by atoms with van der Waals surface area (Å²) in [7, 11) is 0. The number of nitrogens with zero attached hydrogens (tertiary/aromatic N) is 5. The molecule has 69 heavy (non-hydrogen) atoms. The summed E-state index contributed by atoms with van der Waals surface area (Å²) in [6.45, 7) is 0. The number of hydrogen-bond acceptors (Lipinski definition) is 6. The van der Waals surface area contributed by atoms with Gasteiger partial charge in [-0.25, -0.2) is 9.97 Å². The van der Waals surface area contributed by atoms with Crippen LogP contribution in [0.4, 0.5) is 17.1 Å². The van der Waals surface area contributed by atoms with E-state index in [4.69, 9.17) is 19.9 Å². The number of benzene rings is 8. The first kappa shape index (κ1) is 39.5. The number of para-hydroxylation sites is 1. The van der Waals surface area contributed by atoms with Crippen molar-refractivity contribution in [1.82, 2.24) is 19.9 Å². The van der Waals surface area contributed by atoms with E-state index in [1.54, 1.807) is 0 Å². The van der Waals surface area contributed by atoms with Crippen LogP contribution in [0.25, 0.3) is 78.7 Å². The first-order chi connectivity index (χ1) is 34.2. The Hall–Kier alpha value is -8.71. The minimum Gasteiger partial charge on any atom is -0.308 e. The second kappa shape index (κ2) is 15.7. The molecule has 11 aromatic rings. The third-order valence-corrected chi connectivity index (χ3v) is 15.1. The van der Waals surface area contributed by atoms with E-state index < -0.39 is 5.41 Å². The van der Waals surface area contributed by atoms with Crippen molar-refractivity contribution in [3.63, 3.8) is 0 Å². The molecule has 0 fully saturated rings. The average Bonchev–Trinajstić information content (AvgIpc) is 3.90. The van der Waals surface area contributed by atoms with E-state index in [1.165, 1.54) is 48.9 Å². The zero-order valence-electron chi connectivity index (χ0n) is 37.2. The highest BCUT2D eigenvalue weighted by Gasteiger charge is 2.54. The van der Waals surface area contributed by atoms with E-state index >= 15 is 0 Å². The molecule has 14 rings (SSSR count). The highest BCUT2D eigenvalue weighted by molar-refractivity contribution is 8.00. The van der Waals surface area contributed by atoms with Gasteiger partial charge in [0.25, 0.3) is 0 Å². The van der Waals surface area contributed by atoms with Gasteiger partial charge in [0.15, 0.2) is 5.82 Å². The van der Waals surface area contributed by atoms with Crippen LogP contribution in [-0.4, -0.2) is 19.9 Å². The maximum Gasteiger partial charge on any atom is 0.160 e. The Kier molecular flexibility index (Phi) is 8.98. The molecule has 2 aliphatic carbocycles. The summed E-state index contributed by atoms with van der Waals surface area (Å²) in [6.07, 6.45) is 3.91. The Morgan fingerprint density at radius 2 is 1.01 bits per heavy atom. The largest absolute Gasteiger partial charge is 0.308 e. The molecule has 1 atom stereocenters. The molecule has 1 spiro atoms. The van der Waals surface area contributed by atoms with Crippen LogP contribution in [0.2, 0.25) is 0 Å². The summed E-state index contributed by atoms with van der Waals surface area (Å²) in [5.41, 5.74) is 21.1. The van der Waals surface area contributed by atoms with Gasteiger partial charge in [-0.2, -0.15) is 0 Å². The number of pyridine rings is 2. The van der Waals surface area contributed by atoms with Crippen LogP contribution in [0.1, 0.15) is 22.3 Å². The monoisotopic (exact) mass is 897 g/mol. The molecular formula is C63H39N5S. The van der Waals surface area contributed by atoms with Gasteiger partial charge in [-0.1, -0.05) is 182 Å². The molecular weight excluding hydrogens is 859 g/mol.